The minimum absolute atomic E-state index is 0.287. The predicted molar refractivity (Wildman–Crippen MR) is 115 cm³/mol. The Balaban J connectivity index is 2.02. The molecule has 0 atom stereocenters. The van der Waals surface area contributed by atoms with E-state index in [4.69, 9.17) is 21.1 Å². The Morgan fingerprint density at radius 3 is 2.14 bits per heavy atom. The zero-order valence-electron chi connectivity index (χ0n) is 16.3. The van der Waals surface area contributed by atoms with E-state index in [1.54, 1.807) is 13.0 Å². The third kappa shape index (κ3) is 3.43. The summed E-state index contributed by atoms with van der Waals surface area (Å²) in [7, 11) is 0. The Morgan fingerprint density at radius 1 is 1.00 bits per heavy atom. The topological polar surface area (TPSA) is 35.5 Å². The molecule has 0 saturated heterocycles. The fourth-order valence-corrected chi connectivity index (χ4v) is 3.80. The molecule has 3 aromatic rings. The first-order valence-electron chi connectivity index (χ1n) is 9.55. The summed E-state index contributed by atoms with van der Waals surface area (Å²) in [5.41, 5.74) is 2.85. The van der Waals surface area contributed by atoms with Crippen LogP contribution in [0.3, 0.4) is 0 Å². The molecule has 4 heteroatoms. The molecule has 0 N–H and O–H groups in total. The molecule has 0 amide bonds. The van der Waals surface area contributed by atoms with Gasteiger partial charge in [-0.15, -0.1) is 0 Å². The fraction of sp³-hybridized carbons (Fsp3) is 0.160. The molecule has 0 bridgehead atoms. The van der Waals surface area contributed by atoms with Crippen LogP contribution in [0.5, 0.6) is 5.75 Å². The van der Waals surface area contributed by atoms with Crippen LogP contribution in [0.15, 0.2) is 78.9 Å². The van der Waals surface area contributed by atoms with Gasteiger partial charge in [-0.1, -0.05) is 72.3 Å². The second kappa shape index (κ2) is 7.76. The lowest BCUT2D eigenvalue weighted by atomic mass is 9.81. The quantitative estimate of drug-likeness (QED) is 0.505. The van der Waals surface area contributed by atoms with E-state index in [0.717, 1.165) is 16.7 Å². The highest BCUT2D eigenvalue weighted by molar-refractivity contribution is 6.32. The van der Waals surface area contributed by atoms with E-state index in [0.29, 0.717) is 21.9 Å². The van der Waals surface area contributed by atoms with Crippen LogP contribution in [-0.4, -0.2) is 12.6 Å². The van der Waals surface area contributed by atoms with E-state index in [1.165, 1.54) is 0 Å². The number of fused-ring (bicyclic) bond motifs is 1. The number of carbonyl (C=O) groups is 1. The molecule has 3 aromatic carbocycles. The first-order valence-corrected chi connectivity index (χ1v) is 9.93. The first-order chi connectivity index (χ1) is 14.0. The molecule has 0 unspecified atom stereocenters. The van der Waals surface area contributed by atoms with Crippen molar-refractivity contribution in [3.63, 3.8) is 0 Å². The molecule has 1 aliphatic heterocycles. The summed E-state index contributed by atoms with van der Waals surface area (Å²) < 4.78 is 12.0. The SMILES string of the molecule is CCOC(=O)C1=CC(c2ccccc2)(c2ccccc2)Oc2cc(C)c(Cl)cc21. The largest absolute Gasteiger partial charge is 0.473 e. The molecule has 0 fully saturated rings. The second-order valence-corrected chi connectivity index (χ2v) is 7.35. The summed E-state index contributed by atoms with van der Waals surface area (Å²) in [5.74, 6) is 0.207. The summed E-state index contributed by atoms with van der Waals surface area (Å²) in [6.07, 6.45) is 1.85. The summed E-state index contributed by atoms with van der Waals surface area (Å²) >= 11 is 6.36. The summed E-state index contributed by atoms with van der Waals surface area (Å²) in [5, 5.41) is 0.578. The van der Waals surface area contributed by atoms with E-state index in [-0.39, 0.29) is 6.61 Å². The second-order valence-electron chi connectivity index (χ2n) is 6.95. The van der Waals surface area contributed by atoms with Crippen LogP contribution < -0.4 is 4.74 Å². The third-order valence-electron chi connectivity index (χ3n) is 5.07. The van der Waals surface area contributed by atoms with Crippen molar-refractivity contribution in [2.45, 2.75) is 19.4 Å². The van der Waals surface area contributed by atoms with Gasteiger partial charge in [-0.3, -0.25) is 0 Å². The van der Waals surface area contributed by atoms with Crippen molar-refractivity contribution in [3.8, 4) is 5.75 Å². The van der Waals surface area contributed by atoms with E-state index in [1.807, 2.05) is 79.7 Å². The molecule has 1 aliphatic rings. The molecule has 0 radical (unpaired) electrons. The number of rotatable bonds is 4. The molecule has 1 heterocycles. The Morgan fingerprint density at radius 2 is 1.59 bits per heavy atom. The highest BCUT2D eigenvalue weighted by Crippen LogP contribution is 2.46. The van der Waals surface area contributed by atoms with Gasteiger partial charge in [0.05, 0.1) is 12.2 Å². The smallest absolute Gasteiger partial charge is 0.338 e. The molecule has 0 spiro atoms. The van der Waals surface area contributed by atoms with Crippen LogP contribution in [0.2, 0.25) is 5.02 Å². The van der Waals surface area contributed by atoms with Crippen LogP contribution in [0.25, 0.3) is 5.57 Å². The van der Waals surface area contributed by atoms with Crippen molar-refractivity contribution in [2.75, 3.05) is 6.61 Å². The lowest BCUT2D eigenvalue weighted by Crippen LogP contribution is -2.36. The van der Waals surface area contributed by atoms with E-state index in [9.17, 15) is 4.79 Å². The molecule has 29 heavy (non-hydrogen) atoms. The van der Waals surface area contributed by atoms with Gasteiger partial charge in [0.2, 0.25) is 0 Å². The molecule has 0 aliphatic carbocycles. The molecular weight excluding hydrogens is 384 g/mol. The van der Waals surface area contributed by atoms with Crippen LogP contribution in [0.1, 0.15) is 29.2 Å². The Bertz CT molecular complexity index is 1030. The molecule has 146 valence electrons. The average Bonchev–Trinajstić information content (AvgIpc) is 2.75. The monoisotopic (exact) mass is 404 g/mol. The maximum Gasteiger partial charge on any atom is 0.338 e. The number of benzene rings is 3. The number of hydrogen-bond acceptors (Lipinski definition) is 3. The van der Waals surface area contributed by atoms with E-state index < -0.39 is 11.6 Å². The van der Waals surface area contributed by atoms with Crippen molar-refractivity contribution >= 4 is 23.1 Å². The van der Waals surface area contributed by atoms with Gasteiger partial charge in [-0.2, -0.15) is 0 Å². The summed E-state index contributed by atoms with van der Waals surface area (Å²) in [4.78, 5) is 12.9. The van der Waals surface area contributed by atoms with Gasteiger partial charge in [-0.05, 0) is 37.6 Å². The van der Waals surface area contributed by atoms with E-state index >= 15 is 0 Å². The average molecular weight is 405 g/mol. The van der Waals surface area contributed by atoms with Crippen LogP contribution in [0.4, 0.5) is 0 Å². The predicted octanol–water partition coefficient (Wildman–Crippen LogP) is 5.93. The van der Waals surface area contributed by atoms with Crippen molar-refractivity contribution in [1.29, 1.82) is 0 Å². The molecule has 0 saturated carbocycles. The lowest BCUT2D eigenvalue weighted by molar-refractivity contribution is -0.136. The summed E-state index contributed by atoms with van der Waals surface area (Å²) in [6.45, 7) is 4.00. The number of halogens is 1. The van der Waals surface area contributed by atoms with E-state index in [2.05, 4.69) is 0 Å². The Hall–Kier alpha value is -3.04. The number of esters is 1. The van der Waals surface area contributed by atoms with Crippen molar-refractivity contribution in [2.24, 2.45) is 0 Å². The maximum absolute atomic E-state index is 12.9. The molecular formula is C25H21ClO3. The third-order valence-corrected chi connectivity index (χ3v) is 5.48. The highest BCUT2D eigenvalue weighted by atomic mass is 35.5. The maximum atomic E-state index is 12.9. The van der Waals surface area contributed by atoms with Crippen molar-refractivity contribution in [3.05, 3.63) is 106 Å². The Labute approximate surface area is 175 Å². The van der Waals surface area contributed by atoms with Gasteiger partial charge >= 0.3 is 5.97 Å². The van der Waals surface area contributed by atoms with Gasteiger partial charge in [0.25, 0.3) is 0 Å². The van der Waals surface area contributed by atoms with Crippen LogP contribution >= 0.6 is 11.6 Å². The molecule has 4 rings (SSSR count). The van der Waals surface area contributed by atoms with Crippen molar-refractivity contribution in [1.82, 2.24) is 0 Å². The Kier molecular flexibility index (Phi) is 5.16. The number of carbonyl (C=O) groups excluding carboxylic acids is 1. The van der Waals surface area contributed by atoms with Gasteiger partial charge < -0.3 is 9.47 Å². The van der Waals surface area contributed by atoms with Crippen molar-refractivity contribution < 1.29 is 14.3 Å². The van der Waals surface area contributed by atoms with Gasteiger partial charge in [0.15, 0.2) is 5.60 Å². The van der Waals surface area contributed by atoms with Crippen LogP contribution in [-0.2, 0) is 15.1 Å². The van der Waals surface area contributed by atoms with Gasteiger partial charge in [-0.25, -0.2) is 4.79 Å². The van der Waals surface area contributed by atoms with Gasteiger partial charge in [0.1, 0.15) is 5.75 Å². The minimum atomic E-state index is -0.960. The van der Waals surface area contributed by atoms with Gasteiger partial charge in [0, 0.05) is 21.7 Å². The highest BCUT2D eigenvalue weighted by Gasteiger charge is 2.41. The number of hydrogen-bond donors (Lipinski definition) is 0. The first kappa shape index (κ1) is 19.3. The zero-order chi connectivity index (χ0) is 20.4. The van der Waals surface area contributed by atoms with Crippen LogP contribution in [0, 0.1) is 6.92 Å². The number of ether oxygens (including phenoxy) is 2. The normalized spacial score (nSPS) is 14.4. The zero-order valence-corrected chi connectivity index (χ0v) is 17.1. The fourth-order valence-electron chi connectivity index (χ4n) is 3.63. The molecule has 3 nitrogen and oxygen atoms in total. The standard InChI is InChI=1S/C25H21ClO3/c1-3-28-24(27)21-16-25(18-10-6-4-7-11-18,19-12-8-5-9-13-19)29-23-14-17(2)22(26)15-20(21)23/h4-16H,3H2,1-2H3. The summed E-state index contributed by atoms with van der Waals surface area (Å²) in [6, 6.07) is 23.4. The lowest BCUT2D eigenvalue weighted by Gasteiger charge is -2.37. The molecule has 0 aromatic heterocycles. The number of aryl methyl sites for hydroxylation is 1. The minimum Gasteiger partial charge on any atom is -0.473 e.